The number of hydrogen-bond donors (Lipinski definition) is 1. The number of aliphatic hydroxyl groups excluding tert-OH is 1. The van der Waals surface area contributed by atoms with Crippen LogP contribution in [-0.2, 0) is 0 Å². The molecule has 1 unspecified atom stereocenters. The smallest absolute Gasteiger partial charge is 0.0667 e. The van der Waals surface area contributed by atoms with Gasteiger partial charge in [0.25, 0.3) is 0 Å². The Morgan fingerprint density at radius 1 is 1.27 bits per heavy atom. The Morgan fingerprint density at radius 3 is 2.73 bits per heavy atom. The highest BCUT2D eigenvalue weighted by Crippen LogP contribution is 2.30. The third kappa shape index (κ3) is 2.17. The lowest BCUT2D eigenvalue weighted by Gasteiger charge is -2.29. The zero-order chi connectivity index (χ0) is 7.68. The van der Waals surface area contributed by atoms with Gasteiger partial charge < -0.3 is 10.0 Å². The summed E-state index contributed by atoms with van der Waals surface area (Å²) in [7, 11) is 0. The average molecular weight is 155 g/mol. The third-order valence-electron chi connectivity index (χ3n) is 2.69. The largest absolute Gasteiger partial charge is 0.392 e. The zero-order valence-electron chi connectivity index (χ0n) is 7.00. The molecule has 0 aromatic carbocycles. The lowest BCUT2D eigenvalue weighted by atomic mass is 10.1. The van der Waals surface area contributed by atoms with Gasteiger partial charge in [0.1, 0.15) is 0 Å². The summed E-state index contributed by atoms with van der Waals surface area (Å²) in [6.45, 7) is 3.39. The molecule has 2 nitrogen and oxygen atoms in total. The molecule has 64 valence electrons. The van der Waals surface area contributed by atoms with Crippen molar-refractivity contribution in [3.8, 4) is 0 Å². The van der Waals surface area contributed by atoms with E-state index < -0.39 is 0 Å². The van der Waals surface area contributed by atoms with Crippen LogP contribution < -0.4 is 0 Å². The third-order valence-corrected chi connectivity index (χ3v) is 2.69. The fourth-order valence-corrected chi connectivity index (χ4v) is 1.86. The van der Waals surface area contributed by atoms with Gasteiger partial charge in [-0.25, -0.2) is 0 Å². The van der Waals surface area contributed by atoms with Crippen LogP contribution in [0.4, 0.5) is 0 Å². The molecule has 1 saturated carbocycles. The molecule has 11 heavy (non-hydrogen) atoms. The fourth-order valence-electron chi connectivity index (χ4n) is 1.86. The van der Waals surface area contributed by atoms with Gasteiger partial charge in [-0.15, -0.1) is 0 Å². The molecule has 0 radical (unpaired) electrons. The SMILES string of the molecule is OC1CCCN(CC2CC2)C1. The Morgan fingerprint density at radius 2 is 2.09 bits per heavy atom. The van der Waals surface area contributed by atoms with Crippen molar-refractivity contribution < 1.29 is 5.11 Å². The van der Waals surface area contributed by atoms with E-state index in [2.05, 4.69) is 4.90 Å². The van der Waals surface area contributed by atoms with Crippen molar-refractivity contribution in [2.45, 2.75) is 31.8 Å². The number of hydrogen-bond acceptors (Lipinski definition) is 2. The number of aliphatic hydroxyl groups is 1. The molecule has 2 rings (SSSR count). The van der Waals surface area contributed by atoms with Crippen LogP contribution in [-0.4, -0.2) is 35.7 Å². The number of piperidine rings is 1. The van der Waals surface area contributed by atoms with Gasteiger partial charge in [0, 0.05) is 13.1 Å². The highest BCUT2D eigenvalue weighted by atomic mass is 16.3. The Labute approximate surface area is 68.2 Å². The molecule has 0 aromatic heterocycles. The summed E-state index contributed by atoms with van der Waals surface area (Å²) in [6, 6.07) is 0. The van der Waals surface area contributed by atoms with Crippen LogP contribution in [0.15, 0.2) is 0 Å². The lowest BCUT2D eigenvalue weighted by Crippen LogP contribution is -2.39. The summed E-state index contributed by atoms with van der Waals surface area (Å²) in [6.07, 6.45) is 5.01. The first kappa shape index (κ1) is 7.56. The van der Waals surface area contributed by atoms with E-state index in [1.54, 1.807) is 0 Å². The van der Waals surface area contributed by atoms with Crippen molar-refractivity contribution >= 4 is 0 Å². The molecule has 1 heterocycles. The highest BCUT2D eigenvalue weighted by Gasteiger charge is 2.26. The lowest BCUT2D eigenvalue weighted by molar-refractivity contribution is 0.0683. The second-order valence-electron chi connectivity index (χ2n) is 4.00. The molecule has 0 spiro atoms. The van der Waals surface area contributed by atoms with Crippen molar-refractivity contribution in [1.29, 1.82) is 0 Å². The van der Waals surface area contributed by atoms with Gasteiger partial charge in [-0.05, 0) is 38.1 Å². The highest BCUT2D eigenvalue weighted by molar-refractivity contribution is 4.80. The molecule has 0 aromatic rings. The minimum atomic E-state index is -0.0394. The van der Waals surface area contributed by atoms with Gasteiger partial charge in [-0.3, -0.25) is 0 Å². The predicted octanol–water partition coefficient (Wildman–Crippen LogP) is 0.853. The van der Waals surface area contributed by atoms with Crippen LogP contribution in [0, 0.1) is 5.92 Å². The van der Waals surface area contributed by atoms with E-state index in [0.29, 0.717) is 0 Å². The quantitative estimate of drug-likeness (QED) is 0.639. The van der Waals surface area contributed by atoms with Crippen LogP contribution in [0.25, 0.3) is 0 Å². The Hall–Kier alpha value is -0.0800. The van der Waals surface area contributed by atoms with Gasteiger partial charge in [0.05, 0.1) is 6.10 Å². The standard InChI is InChI=1S/C9H17NO/c11-9-2-1-5-10(7-9)6-8-3-4-8/h8-9,11H,1-7H2. The molecule has 1 aliphatic carbocycles. The van der Waals surface area contributed by atoms with E-state index in [4.69, 9.17) is 0 Å². The van der Waals surface area contributed by atoms with Gasteiger partial charge in [-0.2, -0.15) is 0 Å². The summed E-state index contributed by atoms with van der Waals surface area (Å²) in [5, 5.41) is 9.37. The summed E-state index contributed by atoms with van der Waals surface area (Å²) in [5.74, 6) is 0.972. The van der Waals surface area contributed by atoms with Gasteiger partial charge in [-0.1, -0.05) is 0 Å². The van der Waals surface area contributed by atoms with Gasteiger partial charge in [0.15, 0.2) is 0 Å². The topological polar surface area (TPSA) is 23.5 Å². The number of nitrogens with zero attached hydrogens (tertiary/aromatic N) is 1. The summed E-state index contributed by atoms with van der Waals surface area (Å²) >= 11 is 0. The van der Waals surface area contributed by atoms with E-state index in [-0.39, 0.29) is 6.10 Å². The second-order valence-corrected chi connectivity index (χ2v) is 4.00. The van der Waals surface area contributed by atoms with E-state index in [1.807, 2.05) is 0 Å². The minimum Gasteiger partial charge on any atom is -0.392 e. The summed E-state index contributed by atoms with van der Waals surface area (Å²) < 4.78 is 0. The van der Waals surface area contributed by atoms with E-state index in [9.17, 15) is 5.11 Å². The first-order valence-electron chi connectivity index (χ1n) is 4.75. The monoisotopic (exact) mass is 155 g/mol. The van der Waals surface area contributed by atoms with Crippen molar-refractivity contribution in [3.63, 3.8) is 0 Å². The molecule has 2 heteroatoms. The minimum absolute atomic E-state index is 0.0394. The normalized spacial score (nSPS) is 34.1. The van der Waals surface area contributed by atoms with Crippen LogP contribution in [0.2, 0.25) is 0 Å². The Balaban J connectivity index is 1.73. The second kappa shape index (κ2) is 3.11. The fraction of sp³-hybridized carbons (Fsp3) is 1.00. The first-order valence-corrected chi connectivity index (χ1v) is 4.75. The molecular weight excluding hydrogens is 138 g/mol. The maximum Gasteiger partial charge on any atom is 0.0667 e. The zero-order valence-corrected chi connectivity index (χ0v) is 7.00. The maximum atomic E-state index is 9.37. The molecule has 1 saturated heterocycles. The van der Waals surface area contributed by atoms with E-state index >= 15 is 0 Å². The Bertz CT molecular complexity index is 132. The average Bonchev–Trinajstić information content (AvgIpc) is 2.71. The van der Waals surface area contributed by atoms with Crippen molar-refractivity contribution in [3.05, 3.63) is 0 Å². The van der Waals surface area contributed by atoms with Crippen LogP contribution in [0.5, 0.6) is 0 Å². The van der Waals surface area contributed by atoms with Crippen molar-refractivity contribution in [2.24, 2.45) is 5.92 Å². The maximum absolute atomic E-state index is 9.37. The Kier molecular flexibility index (Phi) is 2.14. The van der Waals surface area contributed by atoms with E-state index in [0.717, 1.165) is 18.9 Å². The van der Waals surface area contributed by atoms with Crippen molar-refractivity contribution in [2.75, 3.05) is 19.6 Å². The summed E-state index contributed by atoms with van der Waals surface area (Å²) in [5.41, 5.74) is 0. The molecule has 2 fully saturated rings. The molecule has 0 bridgehead atoms. The van der Waals surface area contributed by atoms with Crippen LogP contribution in [0.3, 0.4) is 0 Å². The summed E-state index contributed by atoms with van der Waals surface area (Å²) in [4.78, 5) is 2.42. The molecule has 1 N–H and O–H groups in total. The molecular formula is C9H17NO. The predicted molar refractivity (Wildman–Crippen MR) is 44.4 cm³/mol. The molecule has 0 amide bonds. The number of β-amino-alcohol motifs (C(OH)–C–C–N with tert-alkyl or cyclic N) is 1. The van der Waals surface area contributed by atoms with Crippen molar-refractivity contribution in [1.82, 2.24) is 4.90 Å². The van der Waals surface area contributed by atoms with Gasteiger partial charge in [0.2, 0.25) is 0 Å². The van der Waals surface area contributed by atoms with Crippen LogP contribution >= 0.6 is 0 Å². The number of likely N-dealkylation sites (tertiary alicyclic amines) is 1. The van der Waals surface area contributed by atoms with Crippen LogP contribution in [0.1, 0.15) is 25.7 Å². The molecule has 1 aliphatic heterocycles. The molecule has 2 aliphatic rings. The van der Waals surface area contributed by atoms with Gasteiger partial charge >= 0.3 is 0 Å². The number of rotatable bonds is 2. The molecule has 1 atom stereocenters. The first-order chi connectivity index (χ1) is 5.34. The van der Waals surface area contributed by atoms with E-state index in [1.165, 1.54) is 32.4 Å².